The maximum atomic E-state index is 12.9. The number of hydrogen-bond acceptors (Lipinski definition) is 3. The Bertz CT molecular complexity index is 679. The molecule has 3 rings (SSSR count). The van der Waals surface area contributed by atoms with Crippen LogP contribution in [0.15, 0.2) is 36.7 Å². The van der Waals surface area contributed by atoms with Gasteiger partial charge >= 0.3 is 0 Å². The van der Waals surface area contributed by atoms with Crippen LogP contribution < -0.4 is 4.90 Å². The average Bonchev–Trinajstić information content (AvgIpc) is 2.96. The van der Waals surface area contributed by atoms with E-state index in [2.05, 4.69) is 36.1 Å². The first-order valence-electron chi connectivity index (χ1n) is 7.72. The monoisotopic (exact) mass is 298 g/mol. The van der Waals surface area contributed by atoms with Gasteiger partial charge in [-0.2, -0.15) is 5.10 Å². The largest absolute Gasteiger partial charge is 0.372 e. The van der Waals surface area contributed by atoms with Crippen LogP contribution >= 0.6 is 0 Å². The van der Waals surface area contributed by atoms with Gasteiger partial charge in [-0.05, 0) is 25.5 Å². The van der Waals surface area contributed by atoms with Crippen molar-refractivity contribution in [3.05, 3.63) is 47.8 Å². The van der Waals surface area contributed by atoms with Gasteiger partial charge in [0.05, 0.1) is 11.8 Å². The zero-order valence-corrected chi connectivity index (χ0v) is 13.4. The van der Waals surface area contributed by atoms with E-state index in [-0.39, 0.29) is 11.9 Å². The lowest BCUT2D eigenvalue weighted by Gasteiger charge is -2.28. The molecule has 1 amide bonds. The predicted octanol–water partition coefficient (Wildman–Crippen LogP) is 2.38. The van der Waals surface area contributed by atoms with E-state index in [0.717, 1.165) is 13.1 Å². The fourth-order valence-electron chi connectivity index (χ4n) is 3.03. The van der Waals surface area contributed by atoms with E-state index in [0.29, 0.717) is 12.1 Å². The number of likely N-dealkylation sites (N-methyl/N-ethyl adjacent to an activating group) is 1. The number of carbonyl (C=O) groups excluding carboxylic acids is 1. The third-order valence-electron chi connectivity index (χ3n) is 4.28. The first-order chi connectivity index (χ1) is 10.6. The Morgan fingerprint density at radius 1 is 1.36 bits per heavy atom. The zero-order valence-electron chi connectivity index (χ0n) is 13.4. The summed E-state index contributed by atoms with van der Waals surface area (Å²) in [5.41, 5.74) is 3.05. The molecule has 0 fully saturated rings. The van der Waals surface area contributed by atoms with Crippen LogP contribution in [0.2, 0.25) is 0 Å². The summed E-state index contributed by atoms with van der Waals surface area (Å²) in [7, 11) is 2.08. The number of benzene rings is 1. The molecule has 0 N–H and O–H groups in total. The van der Waals surface area contributed by atoms with Crippen molar-refractivity contribution in [2.45, 2.75) is 33.0 Å². The van der Waals surface area contributed by atoms with Crippen molar-refractivity contribution in [1.82, 2.24) is 14.7 Å². The van der Waals surface area contributed by atoms with E-state index in [9.17, 15) is 4.79 Å². The zero-order chi connectivity index (χ0) is 15.7. The maximum absolute atomic E-state index is 12.9. The van der Waals surface area contributed by atoms with Gasteiger partial charge in [0, 0.05) is 44.6 Å². The molecule has 1 atom stereocenters. The number of rotatable bonds is 2. The van der Waals surface area contributed by atoms with Gasteiger partial charge in [0.15, 0.2) is 0 Å². The number of nitrogens with zero attached hydrogens (tertiary/aromatic N) is 4. The van der Waals surface area contributed by atoms with Gasteiger partial charge in [-0.15, -0.1) is 0 Å². The summed E-state index contributed by atoms with van der Waals surface area (Å²) in [4.78, 5) is 17.0. The molecule has 1 aromatic carbocycles. The number of para-hydroxylation sites is 1. The van der Waals surface area contributed by atoms with E-state index in [1.54, 1.807) is 10.9 Å². The van der Waals surface area contributed by atoms with Crippen molar-refractivity contribution >= 4 is 11.6 Å². The quantitative estimate of drug-likeness (QED) is 0.855. The molecule has 2 aromatic rings. The van der Waals surface area contributed by atoms with E-state index < -0.39 is 0 Å². The topological polar surface area (TPSA) is 41.4 Å². The Kier molecular flexibility index (Phi) is 3.88. The summed E-state index contributed by atoms with van der Waals surface area (Å²) in [6.45, 7) is 6.35. The number of aromatic nitrogens is 2. The molecule has 1 aliphatic rings. The lowest BCUT2D eigenvalue weighted by atomic mass is 10.1. The highest BCUT2D eigenvalue weighted by Gasteiger charge is 2.28. The number of anilines is 1. The van der Waals surface area contributed by atoms with Crippen LogP contribution in [0.4, 0.5) is 5.69 Å². The summed E-state index contributed by atoms with van der Waals surface area (Å²) in [5.74, 6) is 0.0531. The highest BCUT2D eigenvalue weighted by molar-refractivity contribution is 5.94. The van der Waals surface area contributed by atoms with Crippen molar-refractivity contribution in [2.75, 3.05) is 18.5 Å². The van der Waals surface area contributed by atoms with Crippen LogP contribution in [0.1, 0.15) is 29.8 Å². The van der Waals surface area contributed by atoms with Crippen LogP contribution in [-0.4, -0.2) is 40.2 Å². The lowest BCUT2D eigenvalue weighted by molar-refractivity contribution is 0.0687. The number of carbonyl (C=O) groups is 1. The second kappa shape index (κ2) is 5.83. The number of amides is 1. The van der Waals surface area contributed by atoms with Gasteiger partial charge in [-0.3, -0.25) is 9.48 Å². The van der Waals surface area contributed by atoms with Gasteiger partial charge in [0.25, 0.3) is 5.91 Å². The van der Waals surface area contributed by atoms with Gasteiger partial charge < -0.3 is 9.80 Å². The van der Waals surface area contributed by atoms with Crippen LogP contribution in [0.25, 0.3) is 0 Å². The molecule has 1 aliphatic heterocycles. The predicted molar refractivity (Wildman–Crippen MR) is 86.9 cm³/mol. The summed E-state index contributed by atoms with van der Waals surface area (Å²) in [6.07, 6.45) is 3.49. The van der Waals surface area contributed by atoms with Crippen LogP contribution in [0.5, 0.6) is 0 Å². The Hall–Kier alpha value is -2.30. The normalized spacial score (nSPS) is 18.0. The molecule has 0 radical (unpaired) electrons. The minimum atomic E-state index is 0.0531. The van der Waals surface area contributed by atoms with Crippen molar-refractivity contribution in [2.24, 2.45) is 0 Å². The molecule has 116 valence electrons. The number of aryl methyl sites for hydroxylation is 1. The standard InChI is InChI=1S/C17H22N4O/c1-4-20-11-15(9-18-20)17(22)21-12-14-7-5-6-8-16(14)19(3)10-13(21)2/h5-9,11,13H,4,10,12H2,1-3H3. The summed E-state index contributed by atoms with van der Waals surface area (Å²) in [5, 5.41) is 4.22. The molecule has 0 spiro atoms. The smallest absolute Gasteiger partial charge is 0.257 e. The van der Waals surface area contributed by atoms with Crippen LogP contribution in [0, 0.1) is 0 Å². The molecule has 0 saturated carbocycles. The van der Waals surface area contributed by atoms with Gasteiger partial charge in [0.1, 0.15) is 0 Å². The second-order valence-corrected chi connectivity index (χ2v) is 5.88. The van der Waals surface area contributed by atoms with E-state index in [1.165, 1.54) is 11.3 Å². The van der Waals surface area contributed by atoms with Gasteiger partial charge in [-0.25, -0.2) is 0 Å². The third-order valence-corrected chi connectivity index (χ3v) is 4.28. The summed E-state index contributed by atoms with van der Waals surface area (Å²) in [6, 6.07) is 8.43. The van der Waals surface area contributed by atoms with Crippen LogP contribution in [-0.2, 0) is 13.1 Å². The molecule has 22 heavy (non-hydrogen) atoms. The first kappa shape index (κ1) is 14.6. The summed E-state index contributed by atoms with van der Waals surface area (Å²) >= 11 is 0. The SMILES string of the molecule is CCn1cc(C(=O)N2Cc3ccccc3N(C)CC2C)cn1. The summed E-state index contributed by atoms with van der Waals surface area (Å²) < 4.78 is 1.79. The Morgan fingerprint density at radius 3 is 2.86 bits per heavy atom. The third kappa shape index (κ3) is 2.58. The van der Waals surface area contributed by atoms with Crippen molar-refractivity contribution in [3.8, 4) is 0 Å². The number of hydrogen-bond donors (Lipinski definition) is 0. The lowest BCUT2D eigenvalue weighted by Crippen LogP contribution is -2.41. The molecular weight excluding hydrogens is 276 g/mol. The maximum Gasteiger partial charge on any atom is 0.257 e. The van der Waals surface area contributed by atoms with E-state index in [4.69, 9.17) is 0 Å². The molecule has 0 saturated heterocycles. The molecule has 5 nitrogen and oxygen atoms in total. The molecule has 5 heteroatoms. The molecule has 1 unspecified atom stereocenters. The highest BCUT2D eigenvalue weighted by atomic mass is 16.2. The fraction of sp³-hybridized carbons (Fsp3) is 0.412. The van der Waals surface area contributed by atoms with E-state index in [1.807, 2.05) is 30.2 Å². The minimum Gasteiger partial charge on any atom is -0.372 e. The molecular formula is C17H22N4O. The molecule has 0 bridgehead atoms. The minimum absolute atomic E-state index is 0.0531. The van der Waals surface area contributed by atoms with Crippen molar-refractivity contribution in [3.63, 3.8) is 0 Å². The molecule has 2 heterocycles. The molecule has 0 aliphatic carbocycles. The Labute approximate surface area is 131 Å². The highest BCUT2D eigenvalue weighted by Crippen LogP contribution is 2.26. The molecule has 1 aromatic heterocycles. The van der Waals surface area contributed by atoms with Crippen molar-refractivity contribution in [1.29, 1.82) is 0 Å². The van der Waals surface area contributed by atoms with Crippen molar-refractivity contribution < 1.29 is 4.79 Å². The first-order valence-corrected chi connectivity index (χ1v) is 7.72. The number of fused-ring (bicyclic) bond motifs is 1. The van der Waals surface area contributed by atoms with Gasteiger partial charge in [-0.1, -0.05) is 18.2 Å². The Balaban J connectivity index is 1.91. The van der Waals surface area contributed by atoms with Gasteiger partial charge in [0.2, 0.25) is 0 Å². The second-order valence-electron chi connectivity index (χ2n) is 5.88. The fourth-order valence-corrected chi connectivity index (χ4v) is 3.03. The Morgan fingerprint density at radius 2 is 2.14 bits per heavy atom. The van der Waals surface area contributed by atoms with Crippen LogP contribution in [0.3, 0.4) is 0 Å². The average molecular weight is 298 g/mol. The van der Waals surface area contributed by atoms with E-state index >= 15 is 0 Å².